The second-order valence-corrected chi connectivity index (χ2v) is 8.09. The first-order valence-electron chi connectivity index (χ1n) is 8.65. The molecule has 2 unspecified atom stereocenters. The largest absolute Gasteiger partial charge is 0.312 e. The van der Waals surface area contributed by atoms with Crippen molar-refractivity contribution in [1.29, 1.82) is 0 Å². The van der Waals surface area contributed by atoms with E-state index in [-0.39, 0.29) is 0 Å². The van der Waals surface area contributed by atoms with E-state index in [9.17, 15) is 0 Å². The summed E-state index contributed by atoms with van der Waals surface area (Å²) in [5.74, 6) is 1.64. The van der Waals surface area contributed by atoms with Crippen molar-refractivity contribution in [2.24, 2.45) is 11.8 Å². The summed E-state index contributed by atoms with van der Waals surface area (Å²) >= 11 is 2.12. The van der Waals surface area contributed by atoms with Gasteiger partial charge >= 0.3 is 0 Å². The number of rotatable bonds is 7. The number of hydrogen-bond donors (Lipinski definition) is 1. The first-order valence-corrected chi connectivity index (χ1v) is 9.53. The molecule has 0 amide bonds. The van der Waals surface area contributed by atoms with Crippen LogP contribution in [-0.2, 0) is 6.54 Å². The van der Waals surface area contributed by atoms with Gasteiger partial charge in [0, 0.05) is 16.7 Å². The quantitative estimate of drug-likeness (QED) is 0.714. The van der Waals surface area contributed by atoms with Crippen molar-refractivity contribution in [1.82, 2.24) is 5.32 Å². The zero-order valence-corrected chi connectivity index (χ0v) is 14.7. The van der Waals surface area contributed by atoms with Crippen LogP contribution < -0.4 is 5.32 Å². The third-order valence-corrected chi connectivity index (χ3v) is 5.88. The lowest BCUT2D eigenvalue weighted by Gasteiger charge is -2.30. The lowest BCUT2D eigenvalue weighted by Crippen LogP contribution is -2.21. The molecule has 0 aliphatic heterocycles. The van der Waals surface area contributed by atoms with E-state index in [2.05, 4.69) is 62.1 Å². The van der Waals surface area contributed by atoms with Crippen LogP contribution in [0.1, 0.15) is 58.4 Å². The fourth-order valence-corrected chi connectivity index (χ4v) is 4.74. The minimum Gasteiger partial charge on any atom is -0.312 e. The van der Waals surface area contributed by atoms with E-state index in [1.54, 1.807) is 0 Å². The molecule has 0 bridgehead atoms. The molecular weight excluding hydrogens is 274 g/mol. The van der Waals surface area contributed by atoms with E-state index in [0.717, 1.165) is 30.2 Å². The summed E-state index contributed by atoms with van der Waals surface area (Å²) < 4.78 is 0. The highest BCUT2D eigenvalue weighted by Gasteiger charge is 2.24. The van der Waals surface area contributed by atoms with Crippen LogP contribution in [0.4, 0.5) is 0 Å². The Morgan fingerprint density at radius 3 is 2.81 bits per heavy atom. The topological polar surface area (TPSA) is 12.0 Å². The van der Waals surface area contributed by atoms with Crippen LogP contribution in [0.15, 0.2) is 29.2 Å². The van der Waals surface area contributed by atoms with Crippen molar-refractivity contribution in [3.05, 3.63) is 29.8 Å². The average molecular weight is 306 g/mol. The number of thioether (sulfide) groups is 1. The molecule has 1 saturated carbocycles. The Bertz CT molecular complexity index is 416. The van der Waals surface area contributed by atoms with Crippen LogP contribution >= 0.6 is 11.8 Å². The van der Waals surface area contributed by atoms with Crippen LogP contribution in [0.3, 0.4) is 0 Å². The van der Waals surface area contributed by atoms with Crippen molar-refractivity contribution in [3.8, 4) is 0 Å². The molecule has 1 aromatic rings. The van der Waals surface area contributed by atoms with E-state index in [0.29, 0.717) is 0 Å². The first kappa shape index (κ1) is 16.9. The Balaban J connectivity index is 1.90. The van der Waals surface area contributed by atoms with Gasteiger partial charge in [0.25, 0.3) is 0 Å². The molecule has 0 aromatic heterocycles. The number of nitrogens with one attached hydrogen (secondary N) is 1. The zero-order chi connectivity index (χ0) is 15.1. The fourth-order valence-electron chi connectivity index (χ4n) is 3.20. The van der Waals surface area contributed by atoms with E-state index in [4.69, 9.17) is 0 Å². The van der Waals surface area contributed by atoms with Crippen LogP contribution in [0, 0.1) is 11.8 Å². The summed E-state index contributed by atoms with van der Waals surface area (Å²) in [6.07, 6.45) is 7.04. The molecule has 2 heteroatoms. The van der Waals surface area contributed by atoms with Gasteiger partial charge in [-0.05, 0) is 48.9 Å². The van der Waals surface area contributed by atoms with Crippen LogP contribution in [0.25, 0.3) is 0 Å². The Morgan fingerprint density at radius 1 is 1.24 bits per heavy atom. The van der Waals surface area contributed by atoms with Crippen molar-refractivity contribution in [2.75, 3.05) is 6.54 Å². The van der Waals surface area contributed by atoms with Gasteiger partial charge in [-0.15, -0.1) is 11.8 Å². The SMILES string of the molecule is CCC1CCCCC1Sc1cccc(CNCC(C)C)c1. The van der Waals surface area contributed by atoms with E-state index in [1.807, 2.05) is 0 Å². The standard InChI is InChI=1S/C19H31NS/c1-4-17-9-5-6-11-19(17)21-18-10-7-8-16(12-18)14-20-13-15(2)3/h7-8,10,12,15,17,19-20H,4-6,9,11,13-14H2,1-3H3. The van der Waals surface area contributed by atoms with Gasteiger partial charge in [0.15, 0.2) is 0 Å². The molecule has 118 valence electrons. The summed E-state index contributed by atoms with van der Waals surface area (Å²) in [5.41, 5.74) is 1.42. The molecular formula is C19H31NS. The van der Waals surface area contributed by atoms with Gasteiger partial charge in [0.2, 0.25) is 0 Å². The van der Waals surface area contributed by atoms with Crippen molar-refractivity contribution >= 4 is 11.8 Å². The van der Waals surface area contributed by atoms with E-state index >= 15 is 0 Å². The Kier molecular flexibility index (Phi) is 7.12. The monoisotopic (exact) mass is 305 g/mol. The van der Waals surface area contributed by atoms with E-state index in [1.165, 1.54) is 42.6 Å². The van der Waals surface area contributed by atoms with E-state index < -0.39 is 0 Å². The molecule has 0 spiro atoms. The van der Waals surface area contributed by atoms with Gasteiger partial charge in [-0.1, -0.05) is 52.2 Å². The third kappa shape index (κ3) is 5.67. The fraction of sp³-hybridized carbons (Fsp3) is 0.684. The van der Waals surface area contributed by atoms with Gasteiger partial charge in [-0.25, -0.2) is 0 Å². The summed E-state index contributed by atoms with van der Waals surface area (Å²) in [4.78, 5) is 1.46. The van der Waals surface area contributed by atoms with Gasteiger partial charge < -0.3 is 5.32 Å². The minimum absolute atomic E-state index is 0.718. The molecule has 0 radical (unpaired) electrons. The second kappa shape index (κ2) is 8.85. The lowest BCUT2D eigenvalue weighted by molar-refractivity contribution is 0.361. The second-order valence-electron chi connectivity index (χ2n) is 6.78. The first-order chi connectivity index (χ1) is 10.2. The highest BCUT2D eigenvalue weighted by Crippen LogP contribution is 2.39. The normalized spacial score (nSPS) is 22.7. The third-order valence-electron chi connectivity index (χ3n) is 4.43. The van der Waals surface area contributed by atoms with Crippen molar-refractivity contribution < 1.29 is 0 Å². The Hall–Kier alpha value is -0.470. The summed E-state index contributed by atoms with van der Waals surface area (Å²) in [5, 5.41) is 4.38. The molecule has 1 fully saturated rings. The average Bonchev–Trinajstić information content (AvgIpc) is 2.48. The predicted molar refractivity (Wildman–Crippen MR) is 94.9 cm³/mol. The maximum atomic E-state index is 3.54. The highest BCUT2D eigenvalue weighted by atomic mass is 32.2. The highest BCUT2D eigenvalue weighted by molar-refractivity contribution is 8.00. The maximum Gasteiger partial charge on any atom is 0.0206 e. The Morgan fingerprint density at radius 2 is 2.05 bits per heavy atom. The summed E-state index contributed by atoms with van der Waals surface area (Å²) in [6.45, 7) is 8.96. The molecule has 0 heterocycles. The van der Waals surface area contributed by atoms with Crippen molar-refractivity contribution in [2.45, 2.75) is 69.6 Å². The summed E-state index contributed by atoms with van der Waals surface area (Å²) in [6, 6.07) is 9.14. The molecule has 1 aromatic carbocycles. The number of benzene rings is 1. The van der Waals surface area contributed by atoms with Gasteiger partial charge in [-0.3, -0.25) is 0 Å². The van der Waals surface area contributed by atoms with Gasteiger partial charge in [-0.2, -0.15) is 0 Å². The van der Waals surface area contributed by atoms with Crippen LogP contribution in [0.2, 0.25) is 0 Å². The number of hydrogen-bond acceptors (Lipinski definition) is 2. The minimum atomic E-state index is 0.718. The molecule has 2 rings (SSSR count). The van der Waals surface area contributed by atoms with Gasteiger partial charge in [0.05, 0.1) is 0 Å². The molecule has 21 heavy (non-hydrogen) atoms. The Labute approximate surface area is 135 Å². The predicted octanol–water partition coefficient (Wildman–Crippen LogP) is 5.49. The zero-order valence-electron chi connectivity index (χ0n) is 13.9. The van der Waals surface area contributed by atoms with Crippen LogP contribution in [-0.4, -0.2) is 11.8 Å². The summed E-state index contributed by atoms with van der Waals surface area (Å²) in [7, 11) is 0. The molecule has 1 N–H and O–H groups in total. The lowest BCUT2D eigenvalue weighted by atomic mass is 9.87. The molecule has 0 saturated heterocycles. The maximum absolute atomic E-state index is 3.54. The van der Waals surface area contributed by atoms with Crippen LogP contribution in [0.5, 0.6) is 0 Å². The van der Waals surface area contributed by atoms with Crippen molar-refractivity contribution in [3.63, 3.8) is 0 Å². The molecule has 1 nitrogen and oxygen atoms in total. The molecule has 1 aliphatic carbocycles. The van der Waals surface area contributed by atoms with Gasteiger partial charge in [0.1, 0.15) is 0 Å². The molecule has 2 atom stereocenters. The smallest absolute Gasteiger partial charge is 0.0206 e. The molecule has 1 aliphatic rings.